The van der Waals surface area contributed by atoms with Gasteiger partial charge in [-0.3, -0.25) is 0 Å². The van der Waals surface area contributed by atoms with Crippen LogP contribution in [0.3, 0.4) is 0 Å². The number of aliphatic hydroxyl groups excluding tert-OH is 1. The fourth-order valence-corrected chi connectivity index (χ4v) is 4.23. The second-order valence-electron chi connectivity index (χ2n) is 8.78. The van der Waals surface area contributed by atoms with E-state index in [0.717, 1.165) is 5.56 Å². The molecular weight excluding hydrogens is 378 g/mol. The van der Waals surface area contributed by atoms with Gasteiger partial charge in [0, 0.05) is 10.5 Å². The highest BCUT2D eigenvalue weighted by molar-refractivity contribution is 6.74. The first-order valence-corrected chi connectivity index (χ1v) is 12.4. The summed E-state index contributed by atoms with van der Waals surface area (Å²) in [5, 5.41) is 14.7. The Hall–Kier alpha value is -1.45. The lowest BCUT2D eigenvalue weighted by molar-refractivity contribution is -0.333. The van der Waals surface area contributed by atoms with Crippen LogP contribution in [0.4, 0.5) is 0 Å². The van der Waals surface area contributed by atoms with Crippen LogP contribution < -0.4 is 0 Å². The van der Waals surface area contributed by atoms with Crippen molar-refractivity contribution in [2.45, 2.75) is 75.8 Å². The maximum atomic E-state index is 10.9. The number of hydrogen-bond donors (Lipinski definition) is 1. The van der Waals surface area contributed by atoms with Gasteiger partial charge in [-0.25, -0.2) is 0 Å². The normalized spacial score (nSPS) is 33.6. The molecule has 0 aromatic heterocycles. The Morgan fingerprint density at radius 1 is 1.21 bits per heavy atom. The third kappa shape index (κ3) is 4.26. The van der Waals surface area contributed by atoms with Crippen LogP contribution in [0.2, 0.25) is 18.1 Å². The third-order valence-electron chi connectivity index (χ3n) is 5.81. The SMILES string of the molecule is CC(C)(C)[Si](C)(C)O[C@@H]1O[C@@H]2CO[C@@H](c3ccccc3)O[C@H]2[C@H](O)[C@H]1N=[N+]=[N-]. The molecule has 6 atom stereocenters. The van der Waals surface area contributed by atoms with Crippen LogP contribution in [-0.2, 0) is 18.6 Å². The van der Waals surface area contributed by atoms with Crippen molar-refractivity contribution in [3.05, 3.63) is 46.3 Å². The molecule has 0 unspecified atom stereocenters. The Labute approximate surface area is 166 Å². The van der Waals surface area contributed by atoms with E-state index in [9.17, 15) is 5.11 Å². The van der Waals surface area contributed by atoms with E-state index in [1.807, 2.05) is 30.3 Å². The summed E-state index contributed by atoms with van der Waals surface area (Å²) in [6.07, 6.45) is -3.68. The van der Waals surface area contributed by atoms with Crippen LogP contribution in [0.15, 0.2) is 35.4 Å². The number of azide groups is 1. The van der Waals surface area contributed by atoms with Crippen LogP contribution in [0.1, 0.15) is 32.6 Å². The lowest BCUT2D eigenvalue weighted by atomic mass is 9.96. The summed E-state index contributed by atoms with van der Waals surface area (Å²) >= 11 is 0. The van der Waals surface area contributed by atoms with Crippen LogP contribution >= 0.6 is 0 Å². The first-order valence-electron chi connectivity index (χ1n) is 9.51. The Bertz CT molecular complexity index is 720. The maximum Gasteiger partial charge on any atom is 0.195 e. The van der Waals surface area contributed by atoms with Crippen molar-refractivity contribution < 1.29 is 23.7 Å². The smallest absolute Gasteiger partial charge is 0.195 e. The number of rotatable bonds is 4. The fourth-order valence-electron chi connectivity index (χ4n) is 3.10. The van der Waals surface area contributed by atoms with Crippen LogP contribution in [0.5, 0.6) is 0 Å². The molecule has 28 heavy (non-hydrogen) atoms. The molecule has 0 bridgehead atoms. The topological polar surface area (TPSA) is 106 Å². The number of hydrogen-bond acceptors (Lipinski definition) is 6. The zero-order chi connectivity index (χ0) is 20.5. The standard InChI is InChI=1S/C19H29N3O5Si/c1-19(2,3)28(4,5)27-18-14(21-22-20)15(23)16-13(25-18)11-24-17(26-16)12-9-7-6-8-10-12/h6-10,13-18,23H,11H2,1-5H3/t13-,14-,15-,16-,17-,18+/m1/s1. The fraction of sp³-hybridized carbons (Fsp3) is 0.684. The van der Waals surface area contributed by atoms with Crippen molar-refractivity contribution in [1.29, 1.82) is 0 Å². The molecule has 0 spiro atoms. The summed E-state index contributed by atoms with van der Waals surface area (Å²) < 4.78 is 24.2. The van der Waals surface area contributed by atoms with E-state index in [-0.39, 0.29) is 11.6 Å². The second-order valence-corrected chi connectivity index (χ2v) is 13.5. The molecule has 8 nitrogen and oxygen atoms in total. The second kappa shape index (κ2) is 8.12. The Morgan fingerprint density at radius 3 is 2.50 bits per heavy atom. The van der Waals surface area contributed by atoms with Gasteiger partial charge in [0.15, 0.2) is 20.9 Å². The molecule has 2 fully saturated rings. The van der Waals surface area contributed by atoms with Gasteiger partial charge >= 0.3 is 0 Å². The quantitative estimate of drug-likeness (QED) is 0.353. The molecule has 0 radical (unpaired) electrons. The number of fused-ring (bicyclic) bond motifs is 1. The highest BCUT2D eigenvalue weighted by Crippen LogP contribution is 2.41. The lowest BCUT2D eigenvalue weighted by Crippen LogP contribution is -2.63. The molecule has 1 N–H and O–H groups in total. The van der Waals surface area contributed by atoms with Gasteiger partial charge in [0.25, 0.3) is 0 Å². The minimum atomic E-state index is -2.22. The van der Waals surface area contributed by atoms with Gasteiger partial charge in [0.1, 0.15) is 18.2 Å². The average Bonchev–Trinajstić information content (AvgIpc) is 2.64. The molecule has 2 aliphatic heterocycles. The first-order chi connectivity index (χ1) is 13.1. The summed E-state index contributed by atoms with van der Waals surface area (Å²) in [5.41, 5.74) is 9.87. The molecule has 3 rings (SSSR count). The highest BCUT2D eigenvalue weighted by Gasteiger charge is 2.52. The molecule has 0 aliphatic carbocycles. The summed E-state index contributed by atoms with van der Waals surface area (Å²) in [6, 6.07) is 8.61. The van der Waals surface area contributed by atoms with Gasteiger partial charge in [-0.05, 0) is 23.7 Å². The number of aliphatic hydroxyl groups is 1. The summed E-state index contributed by atoms with van der Waals surface area (Å²) in [4.78, 5) is 2.90. The van der Waals surface area contributed by atoms with E-state index in [2.05, 4.69) is 43.9 Å². The predicted octanol–water partition coefficient (Wildman–Crippen LogP) is 3.89. The van der Waals surface area contributed by atoms with Crippen molar-refractivity contribution in [3.63, 3.8) is 0 Å². The summed E-state index contributed by atoms with van der Waals surface area (Å²) in [5.74, 6) is 0. The van der Waals surface area contributed by atoms with Crippen LogP contribution in [0, 0.1) is 0 Å². The third-order valence-corrected chi connectivity index (χ3v) is 10.2. The highest BCUT2D eigenvalue weighted by atomic mass is 28.4. The molecule has 9 heteroatoms. The number of benzene rings is 1. The number of ether oxygens (including phenoxy) is 3. The molecule has 1 aromatic rings. The van der Waals surface area contributed by atoms with Crippen molar-refractivity contribution >= 4 is 8.32 Å². The van der Waals surface area contributed by atoms with E-state index < -0.39 is 45.3 Å². The minimum absolute atomic E-state index is 0.0585. The molecule has 154 valence electrons. The monoisotopic (exact) mass is 407 g/mol. The molecule has 2 saturated heterocycles. The van der Waals surface area contributed by atoms with Gasteiger partial charge in [-0.2, -0.15) is 0 Å². The molecule has 1 aromatic carbocycles. The molecule has 2 aliphatic rings. The van der Waals surface area contributed by atoms with Gasteiger partial charge in [0.05, 0.1) is 12.7 Å². The van der Waals surface area contributed by atoms with Crippen molar-refractivity contribution in [2.24, 2.45) is 5.11 Å². The van der Waals surface area contributed by atoms with E-state index in [0.29, 0.717) is 0 Å². The van der Waals surface area contributed by atoms with E-state index in [4.69, 9.17) is 24.2 Å². The molecule has 0 amide bonds. The van der Waals surface area contributed by atoms with Crippen molar-refractivity contribution in [2.75, 3.05) is 6.61 Å². The number of nitrogens with zero attached hydrogens (tertiary/aromatic N) is 3. The molecule has 2 heterocycles. The summed E-state index contributed by atoms with van der Waals surface area (Å²) in [7, 11) is -2.22. The van der Waals surface area contributed by atoms with E-state index >= 15 is 0 Å². The van der Waals surface area contributed by atoms with Gasteiger partial charge in [-0.15, -0.1) is 0 Å². The Kier molecular flexibility index (Phi) is 6.16. The largest absolute Gasteiger partial charge is 0.392 e. The van der Waals surface area contributed by atoms with Crippen molar-refractivity contribution in [3.8, 4) is 0 Å². The maximum absolute atomic E-state index is 10.9. The first kappa shape index (κ1) is 21.3. The molecule has 0 saturated carbocycles. The summed E-state index contributed by atoms with van der Waals surface area (Å²) in [6.45, 7) is 10.8. The van der Waals surface area contributed by atoms with E-state index in [1.165, 1.54) is 0 Å². The van der Waals surface area contributed by atoms with Crippen molar-refractivity contribution in [1.82, 2.24) is 0 Å². The van der Waals surface area contributed by atoms with E-state index in [1.54, 1.807) is 0 Å². The zero-order valence-corrected chi connectivity index (χ0v) is 18.0. The van der Waals surface area contributed by atoms with Gasteiger partial charge in [0.2, 0.25) is 0 Å². The van der Waals surface area contributed by atoms with Gasteiger partial charge < -0.3 is 23.7 Å². The zero-order valence-electron chi connectivity index (χ0n) is 17.0. The van der Waals surface area contributed by atoms with Crippen LogP contribution in [-0.4, -0.2) is 50.7 Å². The Balaban J connectivity index is 1.80. The lowest BCUT2D eigenvalue weighted by Gasteiger charge is -2.49. The predicted molar refractivity (Wildman–Crippen MR) is 106 cm³/mol. The molecular formula is C19H29N3O5Si. The van der Waals surface area contributed by atoms with Crippen LogP contribution in [0.25, 0.3) is 10.4 Å². The Morgan fingerprint density at radius 2 is 1.89 bits per heavy atom. The minimum Gasteiger partial charge on any atom is -0.392 e. The van der Waals surface area contributed by atoms with Gasteiger partial charge in [-0.1, -0.05) is 56.2 Å². The average molecular weight is 408 g/mol.